The fraction of sp³-hybridized carbons (Fsp3) is 0.868. The number of amides is 1. The second-order valence-electron chi connectivity index (χ2n) is 17.8. The topological polar surface area (TPSA) is 110 Å². The molecular formula is C53H101NO5. The lowest BCUT2D eigenvalue weighted by Crippen LogP contribution is -2.53. The minimum absolute atomic E-state index is 0.360. The van der Waals surface area contributed by atoms with Crippen LogP contribution >= 0.6 is 0 Å². The van der Waals surface area contributed by atoms with Crippen molar-refractivity contribution in [2.75, 3.05) is 6.61 Å². The van der Waals surface area contributed by atoms with Gasteiger partial charge in [-0.3, -0.25) is 4.79 Å². The van der Waals surface area contributed by atoms with Crippen LogP contribution in [-0.4, -0.2) is 57.3 Å². The molecule has 0 heterocycles. The third-order valence-corrected chi connectivity index (χ3v) is 12.1. The molecule has 59 heavy (non-hydrogen) atoms. The van der Waals surface area contributed by atoms with Crippen molar-refractivity contribution in [3.8, 4) is 0 Å². The van der Waals surface area contributed by atoms with Crippen molar-refractivity contribution in [2.45, 2.75) is 289 Å². The quantitative estimate of drug-likeness (QED) is 0.0310. The molecule has 0 radical (unpaired) electrons. The van der Waals surface area contributed by atoms with Crippen molar-refractivity contribution in [3.05, 3.63) is 36.5 Å². The van der Waals surface area contributed by atoms with E-state index in [1.165, 1.54) is 193 Å². The van der Waals surface area contributed by atoms with Crippen molar-refractivity contribution in [2.24, 2.45) is 0 Å². The van der Waals surface area contributed by atoms with Gasteiger partial charge >= 0.3 is 0 Å². The van der Waals surface area contributed by atoms with Gasteiger partial charge in [-0.25, -0.2) is 0 Å². The normalized spacial score (nSPS) is 14.2. The molecule has 0 aliphatic heterocycles. The molecule has 0 saturated carbocycles. The highest BCUT2D eigenvalue weighted by molar-refractivity contribution is 5.80. The maximum absolute atomic E-state index is 12.5. The third-order valence-electron chi connectivity index (χ3n) is 12.1. The predicted molar refractivity (Wildman–Crippen MR) is 256 cm³/mol. The third kappa shape index (κ3) is 41.6. The van der Waals surface area contributed by atoms with E-state index in [1.807, 2.05) is 0 Å². The first-order chi connectivity index (χ1) is 29.0. The lowest BCUT2D eigenvalue weighted by molar-refractivity contribution is -0.132. The van der Waals surface area contributed by atoms with Crippen LogP contribution in [0.15, 0.2) is 36.5 Å². The van der Waals surface area contributed by atoms with Gasteiger partial charge < -0.3 is 25.7 Å². The Kier molecular flexibility index (Phi) is 46.4. The summed E-state index contributed by atoms with van der Waals surface area (Å²) in [5.41, 5.74) is 0. The van der Waals surface area contributed by atoms with Gasteiger partial charge in [0.1, 0.15) is 12.2 Å². The van der Waals surface area contributed by atoms with Crippen molar-refractivity contribution in [1.29, 1.82) is 0 Å². The van der Waals surface area contributed by atoms with Crippen LogP contribution < -0.4 is 5.32 Å². The Morgan fingerprint density at radius 3 is 1.07 bits per heavy atom. The Labute approximate surface area is 367 Å². The van der Waals surface area contributed by atoms with Gasteiger partial charge in [0.15, 0.2) is 0 Å². The molecule has 0 fully saturated rings. The Morgan fingerprint density at radius 1 is 0.407 bits per heavy atom. The molecule has 4 atom stereocenters. The molecule has 0 rings (SSSR count). The zero-order valence-electron chi connectivity index (χ0n) is 39.3. The van der Waals surface area contributed by atoms with E-state index in [0.717, 1.165) is 38.5 Å². The number of hydrogen-bond acceptors (Lipinski definition) is 5. The second-order valence-corrected chi connectivity index (χ2v) is 17.8. The van der Waals surface area contributed by atoms with Gasteiger partial charge in [-0.05, 0) is 77.0 Å². The largest absolute Gasteiger partial charge is 0.394 e. The van der Waals surface area contributed by atoms with Crippen LogP contribution in [0.4, 0.5) is 0 Å². The first-order valence-electron chi connectivity index (χ1n) is 25.9. The summed E-state index contributed by atoms with van der Waals surface area (Å²) >= 11 is 0. The first kappa shape index (κ1) is 57.5. The fourth-order valence-corrected chi connectivity index (χ4v) is 7.95. The van der Waals surface area contributed by atoms with Crippen LogP contribution in [0.3, 0.4) is 0 Å². The van der Waals surface area contributed by atoms with Crippen LogP contribution in [0.1, 0.15) is 264 Å². The van der Waals surface area contributed by atoms with Crippen molar-refractivity contribution in [1.82, 2.24) is 5.32 Å². The lowest BCUT2D eigenvalue weighted by atomic mass is 10.00. The summed E-state index contributed by atoms with van der Waals surface area (Å²) < 4.78 is 0. The lowest BCUT2D eigenvalue weighted by Gasteiger charge is -2.27. The highest BCUT2D eigenvalue weighted by atomic mass is 16.3. The smallest absolute Gasteiger partial charge is 0.249 e. The maximum Gasteiger partial charge on any atom is 0.249 e. The van der Waals surface area contributed by atoms with E-state index in [9.17, 15) is 25.2 Å². The Morgan fingerprint density at radius 2 is 0.712 bits per heavy atom. The molecule has 1 amide bonds. The molecule has 6 heteroatoms. The van der Waals surface area contributed by atoms with Gasteiger partial charge in [0, 0.05) is 0 Å². The highest BCUT2D eigenvalue weighted by Gasteiger charge is 2.28. The number of aliphatic hydroxyl groups excluding tert-OH is 4. The minimum atomic E-state index is -1.29. The number of allylic oxidation sites excluding steroid dienone is 6. The molecule has 0 bridgehead atoms. The zero-order chi connectivity index (χ0) is 43.1. The number of aliphatic hydroxyl groups is 4. The van der Waals surface area contributed by atoms with Crippen molar-refractivity contribution >= 4 is 5.91 Å². The molecule has 0 aromatic heterocycles. The maximum atomic E-state index is 12.5. The van der Waals surface area contributed by atoms with Crippen molar-refractivity contribution < 1.29 is 25.2 Å². The van der Waals surface area contributed by atoms with E-state index in [-0.39, 0.29) is 0 Å². The second kappa shape index (κ2) is 47.6. The van der Waals surface area contributed by atoms with Gasteiger partial charge in [-0.2, -0.15) is 0 Å². The van der Waals surface area contributed by atoms with Crippen LogP contribution in [0.2, 0.25) is 0 Å². The molecule has 6 nitrogen and oxygen atoms in total. The van der Waals surface area contributed by atoms with Gasteiger partial charge in [0.25, 0.3) is 0 Å². The van der Waals surface area contributed by atoms with E-state index < -0.39 is 36.9 Å². The van der Waals surface area contributed by atoms with Crippen LogP contribution in [0.5, 0.6) is 0 Å². The number of carbonyl (C=O) groups excluding carboxylic acids is 1. The fourth-order valence-electron chi connectivity index (χ4n) is 7.95. The van der Waals surface area contributed by atoms with Crippen LogP contribution in [-0.2, 0) is 4.79 Å². The van der Waals surface area contributed by atoms with Gasteiger partial charge in [-0.15, -0.1) is 0 Å². The molecule has 0 aliphatic rings. The van der Waals surface area contributed by atoms with Crippen LogP contribution in [0.25, 0.3) is 0 Å². The summed E-state index contributed by atoms with van der Waals surface area (Å²) in [6, 6.07) is -1.01. The summed E-state index contributed by atoms with van der Waals surface area (Å²) in [4.78, 5) is 12.5. The number of rotatable bonds is 47. The van der Waals surface area contributed by atoms with Gasteiger partial charge in [-0.1, -0.05) is 224 Å². The zero-order valence-corrected chi connectivity index (χ0v) is 39.3. The van der Waals surface area contributed by atoms with E-state index in [0.29, 0.717) is 19.3 Å². The number of carbonyl (C=O) groups is 1. The Balaban J connectivity index is 3.66. The standard InChI is InChI=1S/C53H101NO5/c1-3-5-7-9-11-13-15-17-19-20-21-22-23-24-25-26-27-28-29-30-31-33-35-37-39-41-43-45-47-51(57)53(59)54-49(48-55)52(58)50(56)46-44-42-40-38-36-34-32-18-16-14-12-10-8-6-4-2/h18,24-25,32,38,40,49-52,55-58H,3-17,19-23,26-31,33-37,39,41-48H2,1-2H3,(H,54,59)/b25-24-,32-18+,40-38+. The average molecular weight is 832 g/mol. The number of nitrogens with one attached hydrogen (secondary N) is 1. The Bertz CT molecular complexity index is 935. The molecule has 5 N–H and O–H groups in total. The molecular weight excluding hydrogens is 731 g/mol. The summed E-state index contributed by atoms with van der Waals surface area (Å²) in [7, 11) is 0. The Hall–Kier alpha value is -1.47. The minimum Gasteiger partial charge on any atom is -0.394 e. The monoisotopic (exact) mass is 832 g/mol. The molecule has 348 valence electrons. The number of unbranched alkanes of at least 4 members (excludes halogenated alkanes) is 32. The molecule has 0 saturated heterocycles. The van der Waals surface area contributed by atoms with E-state index in [1.54, 1.807) is 0 Å². The highest BCUT2D eigenvalue weighted by Crippen LogP contribution is 2.16. The molecule has 0 aliphatic carbocycles. The van der Waals surface area contributed by atoms with Gasteiger partial charge in [0.05, 0.1) is 18.8 Å². The predicted octanol–water partition coefficient (Wildman–Crippen LogP) is 14.5. The van der Waals surface area contributed by atoms with E-state index >= 15 is 0 Å². The summed E-state index contributed by atoms with van der Waals surface area (Å²) in [6.07, 6.45) is 57.8. The summed E-state index contributed by atoms with van der Waals surface area (Å²) in [5.74, 6) is -0.597. The van der Waals surface area contributed by atoms with Crippen molar-refractivity contribution in [3.63, 3.8) is 0 Å². The SMILES string of the molecule is CCCCCCCC/C=C/CC/C=C/CCCC(O)C(O)C(CO)NC(=O)C(O)CCCCCCCCCCCCCC/C=C\CCCCCCCCCCCCCC. The van der Waals surface area contributed by atoms with Gasteiger partial charge in [0.2, 0.25) is 5.91 Å². The molecule has 0 aromatic rings. The summed E-state index contributed by atoms with van der Waals surface area (Å²) in [6.45, 7) is 4.04. The molecule has 4 unspecified atom stereocenters. The van der Waals surface area contributed by atoms with E-state index in [2.05, 4.69) is 55.6 Å². The first-order valence-corrected chi connectivity index (χ1v) is 25.9. The van der Waals surface area contributed by atoms with Crippen LogP contribution in [0, 0.1) is 0 Å². The van der Waals surface area contributed by atoms with E-state index in [4.69, 9.17) is 0 Å². The summed E-state index contributed by atoms with van der Waals surface area (Å²) in [5, 5.41) is 43.8. The molecule has 0 aromatic carbocycles. The number of hydrogen-bond donors (Lipinski definition) is 5. The average Bonchev–Trinajstić information content (AvgIpc) is 3.24. The molecule has 0 spiro atoms.